The molecule has 5 nitrogen and oxygen atoms in total. The summed E-state index contributed by atoms with van der Waals surface area (Å²) in [4.78, 5) is 0. The van der Waals surface area contributed by atoms with Crippen molar-refractivity contribution in [1.29, 1.82) is 0 Å². The molecule has 1 aromatic heterocycles. The van der Waals surface area contributed by atoms with Crippen molar-refractivity contribution in [2.45, 2.75) is 32.5 Å². The monoisotopic (exact) mass is 276 g/mol. The molecule has 6 heteroatoms. The van der Waals surface area contributed by atoms with Gasteiger partial charge in [-0.2, -0.15) is 0 Å². The lowest BCUT2D eigenvalue weighted by atomic mass is 10.1. The summed E-state index contributed by atoms with van der Waals surface area (Å²) in [5, 5.41) is 11.4. The zero-order chi connectivity index (χ0) is 13.9. The summed E-state index contributed by atoms with van der Waals surface area (Å²) in [6.07, 6.45) is 2.60. The summed E-state index contributed by atoms with van der Waals surface area (Å²) in [6.45, 7) is 4.29. The van der Waals surface area contributed by atoms with Gasteiger partial charge in [-0.05, 0) is 24.7 Å². The molecule has 2 aromatic rings. The highest BCUT2D eigenvalue weighted by atomic mass is 19.1. The lowest BCUT2D eigenvalue weighted by molar-refractivity contribution is 0.202. The molecule has 0 amide bonds. The van der Waals surface area contributed by atoms with Crippen molar-refractivity contribution in [1.82, 2.24) is 20.3 Å². The van der Waals surface area contributed by atoms with Crippen molar-refractivity contribution in [3.8, 4) is 5.75 Å². The maximum Gasteiger partial charge on any atom is 0.123 e. The van der Waals surface area contributed by atoms with E-state index in [2.05, 4.69) is 15.6 Å². The van der Waals surface area contributed by atoms with E-state index in [1.807, 2.05) is 13.1 Å². The molecule has 0 spiro atoms. The van der Waals surface area contributed by atoms with Crippen LogP contribution in [-0.4, -0.2) is 27.6 Å². The molecule has 2 heterocycles. The molecule has 0 saturated carbocycles. The molecule has 1 unspecified atom stereocenters. The molecule has 3 rings (SSSR count). The van der Waals surface area contributed by atoms with Crippen molar-refractivity contribution in [2.75, 3.05) is 6.54 Å². The summed E-state index contributed by atoms with van der Waals surface area (Å²) in [5.41, 5.74) is 1.83. The number of hydrogen-bond acceptors (Lipinski definition) is 4. The van der Waals surface area contributed by atoms with Crippen molar-refractivity contribution in [3.63, 3.8) is 0 Å². The highest BCUT2D eigenvalue weighted by Crippen LogP contribution is 2.29. The van der Waals surface area contributed by atoms with Gasteiger partial charge in [0.25, 0.3) is 0 Å². The average molecular weight is 276 g/mol. The van der Waals surface area contributed by atoms with Gasteiger partial charge in [-0.1, -0.05) is 12.1 Å². The number of halogens is 1. The molecule has 0 radical (unpaired) electrons. The quantitative estimate of drug-likeness (QED) is 0.900. The van der Waals surface area contributed by atoms with Crippen LogP contribution in [0.15, 0.2) is 24.4 Å². The van der Waals surface area contributed by atoms with Crippen molar-refractivity contribution in [3.05, 3.63) is 41.5 Å². The van der Waals surface area contributed by atoms with Crippen molar-refractivity contribution >= 4 is 0 Å². The largest absolute Gasteiger partial charge is 0.488 e. The fourth-order valence-electron chi connectivity index (χ4n) is 2.36. The Morgan fingerprint density at radius 2 is 2.40 bits per heavy atom. The Bertz CT molecular complexity index is 599. The van der Waals surface area contributed by atoms with E-state index < -0.39 is 0 Å². The van der Waals surface area contributed by atoms with Gasteiger partial charge in [0.05, 0.1) is 12.2 Å². The number of hydrogen-bond donors (Lipinski definition) is 1. The first-order chi connectivity index (χ1) is 9.74. The summed E-state index contributed by atoms with van der Waals surface area (Å²) in [5.74, 6) is 0.547. The number of ether oxygens (including phenoxy) is 1. The van der Waals surface area contributed by atoms with Crippen LogP contribution in [0.1, 0.15) is 18.2 Å². The predicted octanol–water partition coefficient (Wildman–Crippen LogP) is 1.53. The van der Waals surface area contributed by atoms with E-state index in [9.17, 15) is 4.39 Å². The zero-order valence-electron chi connectivity index (χ0n) is 11.3. The van der Waals surface area contributed by atoms with Crippen LogP contribution in [0.5, 0.6) is 5.75 Å². The van der Waals surface area contributed by atoms with Crippen LogP contribution in [0.2, 0.25) is 0 Å². The molecule has 0 fully saturated rings. The fraction of sp³-hybridized carbons (Fsp3) is 0.429. The molecule has 0 saturated heterocycles. The SMILES string of the molecule is CCNCc1cn(CC2Cc3cc(F)ccc3O2)nn1. The maximum atomic E-state index is 13.1. The minimum absolute atomic E-state index is 0.0134. The number of aromatic nitrogens is 3. The van der Waals surface area contributed by atoms with E-state index in [0.717, 1.165) is 23.6 Å². The Balaban J connectivity index is 1.61. The molecule has 1 aliphatic heterocycles. The lowest BCUT2D eigenvalue weighted by Gasteiger charge is -2.09. The van der Waals surface area contributed by atoms with Gasteiger partial charge in [0, 0.05) is 24.7 Å². The van der Waals surface area contributed by atoms with Crippen LogP contribution in [0.4, 0.5) is 4.39 Å². The average Bonchev–Trinajstić information content (AvgIpc) is 3.02. The summed E-state index contributed by atoms with van der Waals surface area (Å²) >= 11 is 0. The molecule has 1 atom stereocenters. The number of fused-ring (bicyclic) bond motifs is 1. The number of nitrogens with one attached hydrogen (secondary N) is 1. The smallest absolute Gasteiger partial charge is 0.123 e. The lowest BCUT2D eigenvalue weighted by Crippen LogP contribution is -2.21. The normalized spacial score (nSPS) is 17.0. The predicted molar refractivity (Wildman–Crippen MR) is 71.9 cm³/mol. The molecule has 106 valence electrons. The molecule has 20 heavy (non-hydrogen) atoms. The van der Waals surface area contributed by atoms with E-state index in [1.165, 1.54) is 12.1 Å². The van der Waals surface area contributed by atoms with E-state index >= 15 is 0 Å². The van der Waals surface area contributed by atoms with Gasteiger partial charge >= 0.3 is 0 Å². The van der Waals surface area contributed by atoms with E-state index in [1.54, 1.807) is 10.7 Å². The van der Waals surface area contributed by atoms with Crippen LogP contribution in [0.3, 0.4) is 0 Å². The molecular weight excluding hydrogens is 259 g/mol. The first-order valence-corrected chi connectivity index (χ1v) is 6.79. The molecule has 1 aromatic carbocycles. The molecule has 1 N–H and O–H groups in total. The van der Waals surface area contributed by atoms with Gasteiger partial charge < -0.3 is 10.1 Å². The van der Waals surface area contributed by atoms with Crippen LogP contribution >= 0.6 is 0 Å². The third-order valence-electron chi connectivity index (χ3n) is 3.30. The van der Waals surface area contributed by atoms with Gasteiger partial charge in [-0.15, -0.1) is 5.10 Å². The minimum atomic E-state index is -0.221. The van der Waals surface area contributed by atoms with Crippen molar-refractivity contribution in [2.24, 2.45) is 0 Å². The highest BCUT2D eigenvalue weighted by Gasteiger charge is 2.24. The third-order valence-corrected chi connectivity index (χ3v) is 3.30. The van der Waals surface area contributed by atoms with Crippen LogP contribution in [-0.2, 0) is 19.5 Å². The van der Waals surface area contributed by atoms with Crippen molar-refractivity contribution < 1.29 is 9.13 Å². The molecule has 0 bridgehead atoms. The van der Waals surface area contributed by atoms with Gasteiger partial charge in [-0.3, -0.25) is 0 Å². The Morgan fingerprint density at radius 1 is 1.50 bits per heavy atom. The second kappa shape index (κ2) is 5.58. The van der Waals surface area contributed by atoms with E-state index in [4.69, 9.17) is 4.74 Å². The third kappa shape index (κ3) is 2.80. The number of rotatable bonds is 5. The van der Waals surface area contributed by atoms with Gasteiger partial charge in [-0.25, -0.2) is 9.07 Å². The highest BCUT2D eigenvalue weighted by molar-refractivity contribution is 5.37. The Kier molecular flexibility index (Phi) is 3.64. The Labute approximate surface area is 116 Å². The molecular formula is C14H17FN4O. The molecule has 1 aliphatic rings. The fourth-order valence-corrected chi connectivity index (χ4v) is 2.36. The Morgan fingerprint density at radius 3 is 3.25 bits per heavy atom. The summed E-state index contributed by atoms with van der Waals surface area (Å²) in [6, 6.07) is 4.64. The summed E-state index contributed by atoms with van der Waals surface area (Å²) in [7, 11) is 0. The topological polar surface area (TPSA) is 52.0 Å². The van der Waals surface area contributed by atoms with Gasteiger partial charge in [0.1, 0.15) is 17.7 Å². The number of benzene rings is 1. The second-order valence-electron chi connectivity index (χ2n) is 4.91. The maximum absolute atomic E-state index is 13.1. The number of nitrogens with zero attached hydrogens (tertiary/aromatic N) is 3. The van der Waals surface area contributed by atoms with Gasteiger partial charge in [0.15, 0.2) is 0 Å². The molecule has 0 aliphatic carbocycles. The van der Waals surface area contributed by atoms with Crippen LogP contribution in [0, 0.1) is 5.82 Å². The second-order valence-corrected chi connectivity index (χ2v) is 4.91. The van der Waals surface area contributed by atoms with Gasteiger partial charge in [0.2, 0.25) is 0 Å². The Hall–Kier alpha value is -1.95. The zero-order valence-corrected chi connectivity index (χ0v) is 11.3. The summed E-state index contributed by atoms with van der Waals surface area (Å²) < 4.78 is 20.7. The van der Waals surface area contributed by atoms with E-state index in [-0.39, 0.29) is 11.9 Å². The van der Waals surface area contributed by atoms with Crippen LogP contribution in [0.25, 0.3) is 0 Å². The minimum Gasteiger partial charge on any atom is -0.488 e. The first kappa shape index (κ1) is 13.1. The first-order valence-electron chi connectivity index (χ1n) is 6.79. The van der Waals surface area contributed by atoms with Crippen LogP contribution < -0.4 is 10.1 Å². The standard InChI is InChI=1S/C14H17FN4O/c1-2-16-7-12-8-19(18-17-12)9-13-6-10-5-11(15)3-4-14(10)20-13/h3-5,8,13,16H,2,6-7,9H2,1H3. The van der Waals surface area contributed by atoms with E-state index in [0.29, 0.717) is 19.5 Å².